The van der Waals surface area contributed by atoms with Crippen LogP contribution in [-0.2, 0) is 6.54 Å². The Morgan fingerprint density at radius 1 is 1.35 bits per heavy atom. The summed E-state index contributed by atoms with van der Waals surface area (Å²) in [6, 6.07) is 10.1. The van der Waals surface area contributed by atoms with Crippen LogP contribution in [-0.4, -0.2) is 42.7 Å². The molecule has 0 saturated carbocycles. The standard InChI is InChI=1S/C13H21N3O/c1-11(17)9-14-13(16(2)3)15-10-12-7-5-4-6-8-12/h4-8,11,17H,9-10H2,1-3H3,(H,14,15). The third-order valence-electron chi connectivity index (χ3n) is 2.23. The van der Waals surface area contributed by atoms with Gasteiger partial charge in [-0.1, -0.05) is 30.3 Å². The van der Waals surface area contributed by atoms with Gasteiger partial charge in [-0.2, -0.15) is 0 Å². The Bertz CT molecular complexity index is 347. The molecule has 0 aliphatic rings. The predicted molar refractivity (Wildman–Crippen MR) is 71.0 cm³/mol. The van der Waals surface area contributed by atoms with Crippen LogP contribution >= 0.6 is 0 Å². The predicted octanol–water partition coefficient (Wildman–Crippen LogP) is 1.07. The van der Waals surface area contributed by atoms with Gasteiger partial charge >= 0.3 is 0 Å². The Morgan fingerprint density at radius 2 is 2.00 bits per heavy atom. The SMILES string of the molecule is CC(O)CNC(=NCc1ccccc1)N(C)C. The van der Waals surface area contributed by atoms with E-state index in [0.717, 1.165) is 5.96 Å². The van der Waals surface area contributed by atoms with Gasteiger partial charge in [0.1, 0.15) is 0 Å². The summed E-state index contributed by atoms with van der Waals surface area (Å²) in [5.41, 5.74) is 1.17. The molecule has 0 spiro atoms. The van der Waals surface area contributed by atoms with Crippen molar-refractivity contribution < 1.29 is 5.11 Å². The van der Waals surface area contributed by atoms with Gasteiger partial charge in [-0.25, -0.2) is 4.99 Å². The minimum absolute atomic E-state index is 0.378. The number of nitrogens with one attached hydrogen (secondary N) is 1. The van der Waals surface area contributed by atoms with Gasteiger partial charge in [-0.3, -0.25) is 0 Å². The monoisotopic (exact) mass is 235 g/mol. The number of benzene rings is 1. The molecule has 0 saturated heterocycles. The number of hydrogen-bond donors (Lipinski definition) is 2. The van der Waals surface area contributed by atoms with E-state index in [1.165, 1.54) is 5.56 Å². The highest BCUT2D eigenvalue weighted by Crippen LogP contribution is 2.00. The molecule has 1 rings (SSSR count). The van der Waals surface area contributed by atoms with Crippen LogP contribution in [0.25, 0.3) is 0 Å². The van der Waals surface area contributed by atoms with Gasteiger partial charge in [-0.05, 0) is 12.5 Å². The minimum atomic E-state index is -0.378. The largest absolute Gasteiger partial charge is 0.392 e. The summed E-state index contributed by atoms with van der Waals surface area (Å²) in [5.74, 6) is 0.787. The number of aliphatic hydroxyl groups excluding tert-OH is 1. The van der Waals surface area contributed by atoms with Crippen LogP contribution in [0.3, 0.4) is 0 Å². The maximum absolute atomic E-state index is 9.23. The van der Waals surface area contributed by atoms with Gasteiger partial charge in [-0.15, -0.1) is 0 Å². The maximum atomic E-state index is 9.23. The molecule has 1 unspecified atom stereocenters. The van der Waals surface area contributed by atoms with Gasteiger partial charge in [0.15, 0.2) is 5.96 Å². The van der Waals surface area contributed by atoms with Crippen molar-refractivity contribution in [2.75, 3.05) is 20.6 Å². The van der Waals surface area contributed by atoms with Crippen molar-refractivity contribution in [2.24, 2.45) is 4.99 Å². The minimum Gasteiger partial charge on any atom is -0.392 e. The number of hydrogen-bond acceptors (Lipinski definition) is 2. The van der Waals surface area contributed by atoms with Crippen LogP contribution in [0.15, 0.2) is 35.3 Å². The average Bonchev–Trinajstić information content (AvgIpc) is 2.29. The van der Waals surface area contributed by atoms with E-state index in [9.17, 15) is 5.11 Å². The zero-order chi connectivity index (χ0) is 12.7. The van der Waals surface area contributed by atoms with Crippen molar-refractivity contribution in [2.45, 2.75) is 19.6 Å². The molecule has 0 aliphatic heterocycles. The molecule has 1 aromatic carbocycles. The van der Waals surface area contributed by atoms with Crippen LogP contribution in [0.4, 0.5) is 0 Å². The Hall–Kier alpha value is -1.55. The summed E-state index contributed by atoms with van der Waals surface area (Å²) in [7, 11) is 3.86. The lowest BCUT2D eigenvalue weighted by atomic mass is 10.2. The molecule has 0 radical (unpaired) electrons. The lowest BCUT2D eigenvalue weighted by Gasteiger charge is -2.18. The van der Waals surface area contributed by atoms with E-state index in [-0.39, 0.29) is 6.10 Å². The van der Waals surface area contributed by atoms with E-state index in [1.54, 1.807) is 6.92 Å². The first-order valence-corrected chi connectivity index (χ1v) is 5.77. The molecule has 0 aliphatic carbocycles. The summed E-state index contributed by atoms with van der Waals surface area (Å²) < 4.78 is 0. The Balaban J connectivity index is 2.58. The maximum Gasteiger partial charge on any atom is 0.193 e. The first kappa shape index (κ1) is 13.5. The van der Waals surface area contributed by atoms with Crippen LogP contribution in [0.1, 0.15) is 12.5 Å². The fourth-order valence-corrected chi connectivity index (χ4v) is 1.34. The van der Waals surface area contributed by atoms with Crippen molar-refractivity contribution >= 4 is 5.96 Å². The number of nitrogens with zero attached hydrogens (tertiary/aromatic N) is 2. The molecule has 0 heterocycles. The van der Waals surface area contributed by atoms with Crippen LogP contribution in [0, 0.1) is 0 Å². The van der Waals surface area contributed by atoms with E-state index in [4.69, 9.17) is 0 Å². The van der Waals surface area contributed by atoms with Gasteiger partial charge in [0, 0.05) is 20.6 Å². The van der Waals surface area contributed by atoms with Gasteiger partial charge in [0.05, 0.1) is 12.6 Å². The highest BCUT2D eigenvalue weighted by atomic mass is 16.3. The highest BCUT2D eigenvalue weighted by molar-refractivity contribution is 5.79. The molecule has 1 aromatic rings. The smallest absolute Gasteiger partial charge is 0.193 e. The quantitative estimate of drug-likeness (QED) is 0.606. The highest BCUT2D eigenvalue weighted by Gasteiger charge is 2.02. The molecule has 0 amide bonds. The summed E-state index contributed by atoms with van der Waals surface area (Å²) in [6.07, 6.45) is -0.378. The molecule has 94 valence electrons. The normalized spacial score (nSPS) is 13.3. The zero-order valence-electron chi connectivity index (χ0n) is 10.7. The first-order chi connectivity index (χ1) is 8.09. The molecule has 4 nitrogen and oxygen atoms in total. The Kier molecular flexibility index (Phi) is 5.49. The van der Waals surface area contributed by atoms with Gasteiger partial charge < -0.3 is 15.3 Å². The van der Waals surface area contributed by atoms with Crippen LogP contribution in [0.2, 0.25) is 0 Å². The molecule has 0 aromatic heterocycles. The summed E-state index contributed by atoms with van der Waals surface area (Å²) >= 11 is 0. The lowest BCUT2D eigenvalue weighted by Crippen LogP contribution is -2.39. The summed E-state index contributed by atoms with van der Waals surface area (Å²) in [5, 5.41) is 12.3. The van der Waals surface area contributed by atoms with Crippen molar-refractivity contribution in [3.8, 4) is 0 Å². The molecular formula is C13H21N3O. The molecule has 0 bridgehead atoms. The second-order valence-electron chi connectivity index (χ2n) is 4.25. The van der Waals surface area contributed by atoms with Crippen molar-refractivity contribution in [1.82, 2.24) is 10.2 Å². The fraction of sp³-hybridized carbons (Fsp3) is 0.462. The van der Waals surface area contributed by atoms with E-state index in [1.807, 2.05) is 49.3 Å². The average molecular weight is 235 g/mol. The first-order valence-electron chi connectivity index (χ1n) is 5.77. The molecule has 1 atom stereocenters. The second-order valence-corrected chi connectivity index (χ2v) is 4.25. The number of aliphatic imine (C=N–C) groups is 1. The van der Waals surface area contributed by atoms with Crippen molar-refractivity contribution in [1.29, 1.82) is 0 Å². The number of rotatable bonds is 4. The summed E-state index contributed by atoms with van der Waals surface area (Å²) in [6.45, 7) is 2.89. The zero-order valence-corrected chi connectivity index (χ0v) is 10.7. The molecule has 17 heavy (non-hydrogen) atoms. The topological polar surface area (TPSA) is 47.9 Å². The lowest BCUT2D eigenvalue weighted by molar-refractivity contribution is 0.196. The van der Waals surface area contributed by atoms with E-state index < -0.39 is 0 Å². The number of aliphatic hydroxyl groups is 1. The van der Waals surface area contributed by atoms with Crippen LogP contribution < -0.4 is 5.32 Å². The molecular weight excluding hydrogens is 214 g/mol. The second kappa shape index (κ2) is 6.91. The van der Waals surface area contributed by atoms with E-state index >= 15 is 0 Å². The molecule has 4 heteroatoms. The van der Waals surface area contributed by atoms with Gasteiger partial charge in [0.25, 0.3) is 0 Å². The fourth-order valence-electron chi connectivity index (χ4n) is 1.34. The van der Waals surface area contributed by atoms with Crippen molar-refractivity contribution in [3.63, 3.8) is 0 Å². The number of guanidine groups is 1. The molecule has 0 fully saturated rings. The summed E-state index contributed by atoms with van der Waals surface area (Å²) in [4.78, 5) is 6.39. The third-order valence-corrected chi connectivity index (χ3v) is 2.23. The molecule has 2 N–H and O–H groups in total. The van der Waals surface area contributed by atoms with E-state index in [0.29, 0.717) is 13.1 Å². The Morgan fingerprint density at radius 3 is 2.53 bits per heavy atom. The van der Waals surface area contributed by atoms with Crippen LogP contribution in [0.5, 0.6) is 0 Å². The Labute approximate surface area is 103 Å². The third kappa shape index (κ3) is 5.36. The van der Waals surface area contributed by atoms with Crippen molar-refractivity contribution in [3.05, 3.63) is 35.9 Å². The van der Waals surface area contributed by atoms with Gasteiger partial charge in [0.2, 0.25) is 0 Å². The van der Waals surface area contributed by atoms with E-state index in [2.05, 4.69) is 10.3 Å².